The molecule has 0 saturated carbocycles. The van der Waals surface area contributed by atoms with Crippen molar-refractivity contribution in [3.8, 4) is 0 Å². The first kappa shape index (κ1) is 15.7. The molecule has 0 amide bonds. The summed E-state index contributed by atoms with van der Waals surface area (Å²) in [5, 5.41) is 4.83. The largest absolute Gasteiger partial charge is 0.368 e. The predicted octanol–water partition coefficient (Wildman–Crippen LogP) is 4.52. The fraction of sp³-hybridized carbons (Fsp3) is 0.400. The minimum Gasteiger partial charge on any atom is -0.368 e. The Bertz CT molecular complexity index is 729. The van der Waals surface area contributed by atoms with E-state index in [-0.39, 0.29) is 5.41 Å². The smallest absolute Gasteiger partial charge is 0.231 e. The van der Waals surface area contributed by atoms with Gasteiger partial charge in [0.2, 0.25) is 5.69 Å². The van der Waals surface area contributed by atoms with E-state index in [2.05, 4.69) is 81.2 Å². The maximum Gasteiger partial charge on any atom is 0.231 e. The summed E-state index contributed by atoms with van der Waals surface area (Å²) >= 11 is 0. The Labute approximate surface area is 139 Å². The highest BCUT2D eigenvalue weighted by Crippen LogP contribution is 2.44. The summed E-state index contributed by atoms with van der Waals surface area (Å²) in [6.07, 6.45) is 0. The van der Waals surface area contributed by atoms with Crippen LogP contribution >= 0.6 is 0 Å². The number of fused-ring (bicyclic) bond motifs is 1. The molecule has 2 aromatic rings. The molecule has 2 aromatic carbocycles. The second-order valence-corrected chi connectivity index (χ2v) is 7.05. The van der Waals surface area contributed by atoms with Gasteiger partial charge in [-0.25, -0.2) is 0 Å². The van der Waals surface area contributed by atoms with Crippen LogP contribution in [0.1, 0.15) is 25.0 Å². The van der Waals surface area contributed by atoms with Gasteiger partial charge in [-0.2, -0.15) is 0 Å². The average molecular weight is 308 g/mol. The van der Waals surface area contributed by atoms with Crippen LogP contribution < -0.4 is 4.90 Å². The van der Waals surface area contributed by atoms with E-state index in [9.17, 15) is 0 Å². The number of azo groups is 2. The molecule has 0 radical (unpaired) electrons. The molecule has 0 aromatic heterocycles. The molecule has 1 unspecified atom stereocenters. The second-order valence-electron chi connectivity index (χ2n) is 7.05. The maximum absolute atomic E-state index is 4.83. The monoisotopic (exact) mass is 308 g/mol. The summed E-state index contributed by atoms with van der Waals surface area (Å²) in [5.41, 5.74) is 5.25. The molecule has 0 saturated heterocycles. The summed E-state index contributed by atoms with van der Waals surface area (Å²) in [4.78, 5) is 2.38. The van der Waals surface area contributed by atoms with Crippen LogP contribution in [0.4, 0.5) is 11.4 Å². The fourth-order valence-electron chi connectivity index (χ4n) is 3.55. The number of hydrogen-bond donors (Lipinski definition) is 0. The molecule has 1 heterocycles. The van der Waals surface area contributed by atoms with Crippen molar-refractivity contribution in [2.75, 3.05) is 25.5 Å². The van der Waals surface area contributed by atoms with Crippen molar-refractivity contribution >= 4 is 11.4 Å². The van der Waals surface area contributed by atoms with Crippen LogP contribution in [0.2, 0.25) is 0 Å². The molecule has 120 valence electrons. The highest BCUT2D eigenvalue weighted by Gasteiger charge is 2.43. The van der Waals surface area contributed by atoms with Crippen molar-refractivity contribution < 1.29 is 4.70 Å². The summed E-state index contributed by atoms with van der Waals surface area (Å²) in [6.45, 7) is 7.53. The zero-order valence-corrected chi connectivity index (χ0v) is 14.7. The highest BCUT2D eigenvalue weighted by molar-refractivity contribution is 5.63. The van der Waals surface area contributed by atoms with Gasteiger partial charge in [0.15, 0.2) is 7.05 Å². The normalized spacial score (nSPS) is 19.8. The first-order chi connectivity index (χ1) is 10.9. The highest BCUT2D eigenvalue weighted by atomic mass is 15.3. The van der Waals surface area contributed by atoms with Gasteiger partial charge in [0.25, 0.3) is 0 Å². The summed E-state index contributed by atoms with van der Waals surface area (Å²) in [7, 11) is 4.21. The Hall–Kier alpha value is -2.16. The van der Waals surface area contributed by atoms with Crippen LogP contribution in [0.25, 0.3) is 0 Å². The fourth-order valence-corrected chi connectivity index (χ4v) is 3.55. The molecular weight excluding hydrogens is 282 g/mol. The quantitative estimate of drug-likeness (QED) is 0.602. The summed E-state index contributed by atoms with van der Waals surface area (Å²) < 4.78 is 1.99. The number of rotatable bonds is 3. The van der Waals surface area contributed by atoms with Crippen LogP contribution in [0.15, 0.2) is 53.6 Å². The van der Waals surface area contributed by atoms with E-state index in [1.807, 2.05) is 11.7 Å². The molecule has 1 aliphatic rings. The minimum atomic E-state index is 0.100. The van der Waals surface area contributed by atoms with Crippen LogP contribution in [0.3, 0.4) is 0 Å². The van der Waals surface area contributed by atoms with Gasteiger partial charge in [-0.05, 0) is 23.7 Å². The van der Waals surface area contributed by atoms with Crippen LogP contribution in [-0.4, -0.2) is 31.4 Å². The van der Waals surface area contributed by atoms with E-state index < -0.39 is 0 Å². The van der Waals surface area contributed by atoms with Crippen molar-refractivity contribution in [2.45, 2.75) is 32.2 Å². The predicted molar refractivity (Wildman–Crippen MR) is 96.0 cm³/mol. The van der Waals surface area contributed by atoms with Crippen molar-refractivity contribution in [3.05, 3.63) is 59.7 Å². The Morgan fingerprint density at radius 3 is 2.39 bits per heavy atom. The molecule has 3 rings (SSSR count). The Morgan fingerprint density at radius 2 is 1.74 bits per heavy atom. The molecule has 0 N–H and O–H groups in total. The van der Waals surface area contributed by atoms with Crippen LogP contribution in [-0.2, 0) is 5.41 Å². The molecule has 0 spiro atoms. The molecular formula is C20H26N3+. The first-order valence-electron chi connectivity index (χ1n) is 8.21. The molecule has 23 heavy (non-hydrogen) atoms. The van der Waals surface area contributed by atoms with Crippen LogP contribution in [0, 0.1) is 6.92 Å². The third kappa shape index (κ3) is 2.76. The van der Waals surface area contributed by atoms with Crippen molar-refractivity contribution in [1.29, 1.82) is 0 Å². The molecule has 0 fully saturated rings. The van der Waals surface area contributed by atoms with E-state index in [1.54, 1.807) is 0 Å². The maximum atomic E-state index is 4.83. The summed E-state index contributed by atoms with van der Waals surface area (Å²) in [5.74, 6) is 0. The van der Waals surface area contributed by atoms with Gasteiger partial charge in [0.1, 0.15) is 6.54 Å². The Balaban J connectivity index is 1.83. The lowest BCUT2D eigenvalue weighted by Gasteiger charge is -2.29. The van der Waals surface area contributed by atoms with Gasteiger partial charge in [0.05, 0.1) is 6.04 Å². The third-order valence-corrected chi connectivity index (χ3v) is 5.15. The number of para-hydroxylation sites is 1. The SMILES string of the molecule is Cc1ccc([N+](C)=NCC2N(C)c3ccccc3C2(C)C)cc1. The van der Waals surface area contributed by atoms with E-state index in [0.29, 0.717) is 6.04 Å². The lowest BCUT2D eigenvalue weighted by Crippen LogP contribution is -2.41. The molecule has 0 aliphatic carbocycles. The Morgan fingerprint density at radius 1 is 1.09 bits per heavy atom. The van der Waals surface area contributed by atoms with E-state index in [0.717, 1.165) is 12.2 Å². The Kier molecular flexibility index (Phi) is 3.97. The van der Waals surface area contributed by atoms with Gasteiger partial charge >= 0.3 is 0 Å². The van der Waals surface area contributed by atoms with Crippen molar-refractivity contribution in [3.63, 3.8) is 0 Å². The molecule has 1 atom stereocenters. The first-order valence-corrected chi connectivity index (χ1v) is 8.21. The van der Waals surface area contributed by atoms with E-state index in [4.69, 9.17) is 5.11 Å². The lowest BCUT2D eigenvalue weighted by atomic mass is 9.80. The molecule has 0 bridgehead atoms. The standard InChI is InChI=1S/C20H26N3/c1-15-10-12-16(13-11-15)23(5)21-14-19-20(2,3)17-8-6-7-9-18(17)22(19)4/h6-13,19H,14H2,1-5H3/q+1. The van der Waals surface area contributed by atoms with Gasteiger partial charge < -0.3 is 4.90 Å². The number of benzene rings is 2. The topological polar surface area (TPSA) is 18.6 Å². The van der Waals surface area contributed by atoms with E-state index in [1.165, 1.54) is 16.8 Å². The van der Waals surface area contributed by atoms with Crippen molar-refractivity contribution in [1.82, 2.24) is 0 Å². The number of likely N-dealkylation sites (N-methyl/N-ethyl adjacent to an activating group) is 1. The van der Waals surface area contributed by atoms with Crippen LogP contribution in [0.5, 0.6) is 0 Å². The lowest BCUT2D eigenvalue weighted by molar-refractivity contribution is -0.483. The van der Waals surface area contributed by atoms with Gasteiger partial charge in [-0.1, -0.05) is 54.4 Å². The zero-order valence-electron chi connectivity index (χ0n) is 14.7. The summed E-state index contributed by atoms with van der Waals surface area (Å²) in [6, 6.07) is 17.6. The second kappa shape index (κ2) is 5.80. The number of nitrogens with zero attached hydrogens (tertiary/aromatic N) is 3. The van der Waals surface area contributed by atoms with Gasteiger partial charge in [-0.3, -0.25) is 0 Å². The molecule has 3 nitrogen and oxygen atoms in total. The van der Waals surface area contributed by atoms with E-state index >= 15 is 0 Å². The minimum absolute atomic E-state index is 0.100. The number of hydrogen-bond acceptors (Lipinski definition) is 2. The zero-order chi connectivity index (χ0) is 16.6. The number of anilines is 1. The number of aryl methyl sites for hydroxylation is 1. The molecule has 3 heteroatoms. The van der Waals surface area contributed by atoms with Crippen molar-refractivity contribution in [2.24, 2.45) is 5.11 Å². The van der Waals surface area contributed by atoms with Gasteiger partial charge in [0, 0.05) is 30.3 Å². The third-order valence-electron chi connectivity index (χ3n) is 5.15. The van der Waals surface area contributed by atoms with Gasteiger partial charge in [-0.15, -0.1) is 0 Å². The average Bonchev–Trinajstić information content (AvgIpc) is 2.73. The molecule has 1 aliphatic heterocycles.